The molecule has 6 nitrogen and oxygen atoms in total. The highest BCUT2D eigenvalue weighted by atomic mass is 16.6. The molecule has 0 saturated heterocycles. The van der Waals surface area contributed by atoms with Crippen LogP contribution in [-0.4, -0.2) is 24.1 Å². The van der Waals surface area contributed by atoms with E-state index in [1.165, 1.54) is 13.2 Å². The summed E-state index contributed by atoms with van der Waals surface area (Å²) in [4.78, 5) is 10.7. The van der Waals surface area contributed by atoms with Crippen molar-refractivity contribution in [2.45, 2.75) is 37.8 Å². The fourth-order valence-corrected chi connectivity index (χ4v) is 2.45. The number of nitro benzene ring substituents is 1. The number of nitrogens with zero attached hydrogens (tertiary/aromatic N) is 1. The van der Waals surface area contributed by atoms with E-state index in [1.807, 2.05) is 0 Å². The quantitative estimate of drug-likeness (QED) is 0.644. The largest absolute Gasteiger partial charge is 0.496 e. The Balaban J connectivity index is 2.21. The van der Waals surface area contributed by atoms with Gasteiger partial charge in [0, 0.05) is 12.1 Å². The third kappa shape index (κ3) is 3.14. The van der Waals surface area contributed by atoms with Crippen LogP contribution in [0, 0.1) is 10.1 Å². The molecule has 0 aliphatic heterocycles. The van der Waals surface area contributed by atoms with Gasteiger partial charge in [-0.3, -0.25) is 10.1 Å². The van der Waals surface area contributed by atoms with Crippen molar-refractivity contribution >= 4 is 11.4 Å². The lowest BCUT2D eigenvalue weighted by molar-refractivity contribution is -0.384. The van der Waals surface area contributed by atoms with E-state index in [0.717, 1.165) is 25.7 Å². The van der Waals surface area contributed by atoms with Crippen LogP contribution in [0.25, 0.3) is 0 Å². The maximum absolute atomic E-state index is 11.1. The summed E-state index contributed by atoms with van der Waals surface area (Å²) in [5, 5.41) is 14.3. The summed E-state index contributed by atoms with van der Waals surface area (Å²) in [6.07, 6.45) is 4.14. The zero-order chi connectivity index (χ0) is 13.8. The minimum Gasteiger partial charge on any atom is -0.496 e. The normalized spacial score (nSPS) is 22.8. The van der Waals surface area contributed by atoms with Crippen molar-refractivity contribution in [3.05, 3.63) is 28.3 Å². The molecule has 19 heavy (non-hydrogen) atoms. The number of nitrogens with one attached hydrogen (secondary N) is 1. The number of benzene rings is 1. The van der Waals surface area contributed by atoms with Crippen LogP contribution in [0.1, 0.15) is 25.7 Å². The van der Waals surface area contributed by atoms with Crippen LogP contribution >= 0.6 is 0 Å². The zero-order valence-electron chi connectivity index (χ0n) is 11.0. The first-order valence-electron chi connectivity index (χ1n) is 6.46. The first-order chi connectivity index (χ1) is 9.11. The number of ether oxygens (including phenoxy) is 1. The Hall–Kier alpha value is -1.82. The molecule has 0 bridgehead atoms. The number of rotatable bonds is 4. The molecule has 2 rings (SSSR count). The molecule has 0 radical (unpaired) electrons. The molecule has 1 saturated carbocycles. The summed E-state index contributed by atoms with van der Waals surface area (Å²) in [6.45, 7) is 0. The number of hydrogen-bond donors (Lipinski definition) is 2. The topological polar surface area (TPSA) is 90.4 Å². The highest BCUT2D eigenvalue weighted by Gasteiger charge is 2.24. The van der Waals surface area contributed by atoms with Gasteiger partial charge < -0.3 is 15.8 Å². The molecule has 1 fully saturated rings. The average Bonchev–Trinajstić information content (AvgIpc) is 2.41. The first kappa shape index (κ1) is 13.6. The molecule has 1 aromatic rings. The molecule has 3 N–H and O–H groups in total. The summed E-state index contributed by atoms with van der Waals surface area (Å²) in [6, 6.07) is 4.97. The van der Waals surface area contributed by atoms with Gasteiger partial charge in [0.2, 0.25) is 0 Å². The second-order valence-corrected chi connectivity index (χ2v) is 4.84. The number of nitrogens with two attached hydrogens (primary N) is 1. The molecule has 6 heteroatoms. The van der Waals surface area contributed by atoms with E-state index in [9.17, 15) is 10.1 Å². The van der Waals surface area contributed by atoms with Crippen molar-refractivity contribution in [2.75, 3.05) is 12.4 Å². The maximum Gasteiger partial charge on any atom is 0.296 e. The molecule has 0 spiro atoms. The lowest BCUT2D eigenvalue weighted by Gasteiger charge is -2.30. The molecule has 0 amide bonds. The monoisotopic (exact) mass is 265 g/mol. The van der Waals surface area contributed by atoms with Gasteiger partial charge in [-0.15, -0.1) is 0 Å². The molecule has 1 aromatic carbocycles. The van der Waals surface area contributed by atoms with E-state index in [2.05, 4.69) is 5.32 Å². The summed E-state index contributed by atoms with van der Waals surface area (Å²) in [7, 11) is 1.49. The predicted molar refractivity (Wildman–Crippen MR) is 73.5 cm³/mol. The number of nitro groups is 1. The van der Waals surface area contributed by atoms with Gasteiger partial charge in [-0.05, 0) is 25.0 Å². The van der Waals surface area contributed by atoms with E-state index in [-0.39, 0.29) is 17.8 Å². The number of methoxy groups -OCH3 is 1. The van der Waals surface area contributed by atoms with E-state index in [0.29, 0.717) is 11.4 Å². The molecule has 0 unspecified atom stereocenters. The van der Waals surface area contributed by atoms with Gasteiger partial charge in [0.15, 0.2) is 0 Å². The van der Waals surface area contributed by atoms with Crippen LogP contribution in [0.5, 0.6) is 5.75 Å². The van der Waals surface area contributed by atoms with Crippen molar-refractivity contribution < 1.29 is 9.66 Å². The molecular formula is C13H19N3O3. The van der Waals surface area contributed by atoms with Gasteiger partial charge in [0.25, 0.3) is 5.69 Å². The van der Waals surface area contributed by atoms with E-state index >= 15 is 0 Å². The highest BCUT2D eigenvalue weighted by molar-refractivity contribution is 5.64. The molecule has 0 heterocycles. The fraction of sp³-hybridized carbons (Fsp3) is 0.538. The Bertz CT molecular complexity index is 464. The van der Waals surface area contributed by atoms with Crippen molar-refractivity contribution in [1.29, 1.82) is 0 Å². The van der Waals surface area contributed by atoms with Crippen LogP contribution in [-0.2, 0) is 0 Å². The van der Waals surface area contributed by atoms with Crippen LogP contribution in [0.15, 0.2) is 18.2 Å². The van der Waals surface area contributed by atoms with E-state index < -0.39 is 4.92 Å². The van der Waals surface area contributed by atoms with Gasteiger partial charge in [-0.1, -0.05) is 12.8 Å². The summed E-state index contributed by atoms with van der Waals surface area (Å²) in [5.74, 6) is 0.477. The first-order valence-corrected chi connectivity index (χ1v) is 6.46. The minimum atomic E-state index is -0.404. The number of hydrogen-bond acceptors (Lipinski definition) is 5. The molecule has 1 aliphatic rings. The zero-order valence-corrected chi connectivity index (χ0v) is 11.0. The number of anilines is 1. The lowest BCUT2D eigenvalue weighted by Crippen LogP contribution is -2.42. The van der Waals surface area contributed by atoms with Gasteiger partial charge in [0.05, 0.1) is 18.1 Å². The second kappa shape index (κ2) is 5.88. The Morgan fingerprint density at radius 3 is 2.79 bits per heavy atom. The lowest BCUT2D eigenvalue weighted by atomic mass is 9.91. The van der Waals surface area contributed by atoms with Crippen molar-refractivity contribution in [3.8, 4) is 5.75 Å². The van der Waals surface area contributed by atoms with Crippen LogP contribution in [0.2, 0.25) is 0 Å². The predicted octanol–water partition coefficient (Wildman–Crippen LogP) is 2.29. The molecule has 1 aliphatic carbocycles. The smallest absolute Gasteiger partial charge is 0.296 e. The Labute approximate surface area is 112 Å². The second-order valence-electron chi connectivity index (χ2n) is 4.84. The average molecular weight is 265 g/mol. The molecule has 2 atom stereocenters. The van der Waals surface area contributed by atoms with Gasteiger partial charge in [-0.2, -0.15) is 0 Å². The van der Waals surface area contributed by atoms with E-state index in [1.54, 1.807) is 12.1 Å². The summed E-state index contributed by atoms with van der Waals surface area (Å²) < 4.78 is 5.01. The molecule has 0 aromatic heterocycles. The minimum absolute atomic E-state index is 0.0251. The third-order valence-electron chi connectivity index (χ3n) is 3.56. The van der Waals surface area contributed by atoms with Gasteiger partial charge >= 0.3 is 0 Å². The summed E-state index contributed by atoms with van der Waals surface area (Å²) >= 11 is 0. The van der Waals surface area contributed by atoms with E-state index in [4.69, 9.17) is 10.5 Å². The Kier molecular flexibility index (Phi) is 4.21. The van der Waals surface area contributed by atoms with Gasteiger partial charge in [0.1, 0.15) is 11.4 Å². The fourth-order valence-electron chi connectivity index (χ4n) is 2.45. The maximum atomic E-state index is 11.1. The summed E-state index contributed by atoms with van der Waals surface area (Å²) in [5.41, 5.74) is 6.58. The van der Waals surface area contributed by atoms with Crippen molar-refractivity contribution in [3.63, 3.8) is 0 Å². The molecule has 104 valence electrons. The van der Waals surface area contributed by atoms with Gasteiger partial charge in [-0.25, -0.2) is 0 Å². The SMILES string of the molecule is COc1ccc(N[C@@H]2CCCC[C@H]2N)c([N+](=O)[O-])c1. The Morgan fingerprint density at radius 2 is 2.16 bits per heavy atom. The highest BCUT2D eigenvalue weighted by Crippen LogP contribution is 2.31. The van der Waals surface area contributed by atoms with Crippen molar-refractivity contribution in [1.82, 2.24) is 0 Å². The van der Waals surface area contributed by atoms with Crippen LogP contribution in [0.4, 0.5) is 11.4 Å². The Morgan fingerprint density at radius 1 is 1.42 bits per heavy atom. The van der Waals surface area contributed by atoms with Crippen molar-refractivity contribution in [2.24, 2.45) is 5.73 Å². The van der Waals surface area contributed by atoms with Crippen LogP contribution < -0.4 is 15.8 Å². The third-order valence-corrected chi connectivity index (χ3v) is 3.56. The van der Waals surface area contributed by atoms with Crippen LogP contribution in [0.3, 0.4) is 0 Å². The standard InChI is InChI=1S/C13H19N3O3/c1-19-9-6-7-12(13(8-9)16(17)18)15-11-5-3-2-4-10(11)14/h6-8,10-11,15H,2-5,14H2,1H3/t10-,11-/m1/s1. The molecular weight excluding hydrogens is 246 g/mol.